The topological polar surface area (TPSA) is 82.5 Å². The fraction of sp³-hybridized carbons (Fsp3) is 0.417. The van der Waals surface area contributed by atoms with Crippen LogP contribution < -0.4 is 5.32 Å². The number of amides is 2. The summed E-state index contributed by atoms with van der Waals surface area (Å²) in [6.45, 7) is 3.03. The number of carboxylic acids is 1. The predicted octanol–water partition coefficient (Wildman–Crippen LogP) is 1.33. The summed E-state index contributed by atoms with van der Waals surface area (Å²) >= 11 is 0. The Morgan fingerprint density at radius 2 is 2.17 bits per heavy atom. The van der Waals surface area contributed by atoms with Crippen LogP contribution in [-0.4, -0.2) is 40.6 Å². The van der Waals surface area contributed by atoms with E-state index in [1.807, 2.05) is 6.92 Å². The zero-order valence-electron chi connectivity index (χ0n) is 10.5. The van der Waals surface area contributed by atoms with Crippen LogP contribution in [0.25, 0.3) is 0 Å². The Morgan fingerprint density at radius 3 is 2.67 bits per heavy atom. The summed E-state index contributed by atoms with van der Waals surface area (Å²) in [6, 6.07) is 2.90. The van der Waals surface area contributed by atoms with Gasteiger partial charge < -0.3 is 15.3 Å². The van der Waals surface area contributed by atoms with Gasteiger partial charge >= 0.3 is 12.0 Å². The third-order valence-electron chi connectivity index (χ3n) is 2.39. The molecule has 6 heteroatoms. The van der Waals surface area contributed by atoms with E-state index in [2.05, 4.69) is 10.3 Å². The highest BCUT2D eigenvalue weighted by molar-refractivity contribution is 5.85. The lowest BCUT2D eigenvalue weighted by Gasteiger charge is -2.16. The van der Waals surface area contributed by atoms with Gasteiger partial charge in [-0.15, -0.1) is 0 Å². The number of nitrogens with one attached hydrogen (secondary N) is 1. The van der Waals surface area contributed by atoms with Crippen LogP contribution in [-0.2, 0) is 6.54 Å². The molecule has 0 aliphatic carbocycles. The molecule has 6 nitrogen and oxygen atoms in total. The second kappa shape index (κ2) is 6.58. The Morgan fingerprint density at radius 1 is 1.44 bits per heavy atom. The van der Waals surface area contributed by atoms with Gasteiger partial charge in [-0.05, 0) is 18.1 Å². The normalized spacial score (nSPS) is 9.89. The van der Waals surface area contributed by atoms with E-state index in [1.54, 1.807) is 18.0 Å². The minimum atomic E-state index is -1.06. The lowest BCUT2D eigenvalue weighted by Crippen LogP contribution is -2.37. The lowest BCUT2D eigenvalue weighted by molar-refractivity contribution is 0.0690. The van der Waals surface area contributed by atoms with E-state index in [-0.39, 0.29) is 11.7 Å². The Labute approximate surface area is 106 Å². The molecule has 1 rings (SSSR count). The molecule has 0 spiro atoms. The number of hydrogen-bond donors (Lipinski definition) is 2. The molecule has 0 aromatic carbocycles. The first kappa shape index (κ1) is 14.0. The van der Waals surface area contributed by atoms with Gasteiger partial charge in [-0.1, -0.05) is 13.0 Å². The number of aromatic nitrogens is 1. The van der Waals surface area contributed by atoms with E-state index in [0.29, 0.717) is 13.1 Å². The standard InChI is InChI=1S/C12H17N3O3/c1-3-6-15(2)12(18)14-8-9-4-5-10(11(16)17)13-7-9/h4-5,7H,3,6,8H2,1-2H3,(H,14,18)(H,16,17). The van der Waals surface area contributed by atoms with Gasteiger partial charge in [0, 0.05) is 26.3 Å². The average molecular weight is 251 g/mol. The molecule has 0 radical (unpaired) electrons. The number of carboxylic acid groups (broad SMARTS) is 1. The van der Waals surface area contributed by atoms with Gasteiger partial charge in [0.15, 0.2) is 0 Å². The quantitative estimate of drug-likeness (QED) is 0.827. The van der Waals surface area contributed by atoms with Gasteiger partial charge in [-0.25, -0.2) is 14.6 Å². The van der Waals surface area contributed by atoms with Crippen molar-refractivity contribution in [3.8, 4) is 0 Å². The van der Waals surface area contributed by atoms with E-state index in [0.717, 1.165) is 12.0 Å². The van der Waals surface area contributed by atoms with E-state index in [9.17, 15) is 9.59 Å². The number of urea groups is 1. The molecule has 2 N–H and O–H groups in total. The van der Waals surface area contributed by atoms with E-state index >= 15 is 0 Å². The minimum Gasteiger partial charge on any atom is -0.477 e. The molecule has 1 aromatic rings. The summed E-state index contributed by atoms with van der Waals surface area (Å²) in [6.07, 6.45) is 2.35. The molecule has 0 saturated carbocycles. The summed E-state index contributed by atoms with van der Waals surface area (Å²) in [5, 5.41) is 11.4. The second-order valence-electron chi connectivity index (χ2n) is 3.94. The zero-order valence-corrected chi connectivity index (χ0v) is 10.5. The Bertz CT molecular complexity index is 417. The zero-order chi connectivity index (χ0) is 13.5. The smallest absolute Gasteiger partial charge is 0.354 e. The van der Waals surface area contributed by atoms with Gasteiger partial charge in [0.25, 0.3) is 0 Å². The summed E-state index contributed by atoms with van der Waals surface area (Å²) < 4.78 is 0. The van der Waals surface area contributed by atoms with Crippen molar-refractivity contribution in [2.24, 2.45) is 0 Å². The van der Waals surface area contributed by atoms with Gasteiger partial charge in [0.2, 0.25) is 0 Å². The van der Waals surface area contributed by atoms with Gasteiger partial charge in [0.05, 0.1) is 0 Å². The van der Waals surface area contributed by atoms with Gasteiger partial charge in [-0.3, -0.25) is 0 Å². The van der Waals surface area contributed by atoms with E-state index in [1.165, 1.54) is 12.3 Å². The molecule has 1 aromatic heterocycles. The highest BCUT2D eigenvalue weighted by atomic mass is 16.4. The van der Waals surface area contributed by atoms with Crippen LogP contribution >= 0.6 is 0 Å². The molecule has 0 saturated heterocycles. The van der Waals surface area contributed by atoms with Crippen LogP contribution in [0.5, 0.6) is 0 Å². The van der Waals surface area contributed by atoms with Crippen molar-refractivity contribution in [3.05, 3.63) is 29.6 Å². The minimum absolute atomic E-state index is 0.00632. The van der Waals surface area contributed by atoms with E-state index < -0.39 is 5.97 Å². The molecule has 0 fully saturated rings. The summed E-state index contributed by atoms with van der Waals surface area (Å²) in [5.41, 5.74) is 0.756. The molecule has 18 heavy (non-hydrogen) atoms. The van der Waals surface area contributed by atoms with Gasteiger partial charge in [0.1, 0.15) is 5.69 Å². The number of nitrogens with zero attached hydrogens (tertiary/aromatic N) is 2. The molecule has 0 aliphatic heterocycles. The first-order valence-corrected chi connectivity index (χ1v) is 5.71. The third-order valence-corrected chi connectivity index (χ3v) is 2.39. The number of carbonyl (C=O) groups excluding carboxylic acids is 1. The summed E-state index contributed by atoms with van der Waals surface area (Å²) in [4.78, 5) is 27.6. The van der Waals surface area contributed by atoms with Crippen molar-refractivity contribution in [1.82, 2.24) is 15.2 Å². The largest absolute Gasteiger partial charge is 0.477 e. The molecule has 98 valence electrons. The second-order valence-corrected chi connectivity index (χ2v) is 3.94. The molecule has 0 unspecified atom stereocenters. The van der Waals surface area contributed by atoms with Crippen molar-refractivity contribution >= 4 is 12.0 Å². The van der Waals surface area contributed by atoms with Crippen LogP contribution in [0.1, 0.15) is 29.4 Å². The lowest BCUT2D eigenvalue weighted by atomic mass is 10.2. The van der Waals surface area contributed by atoms with Crippen LogP contribution in [0.4, 0.5) is 4.79 Å². The predicted molar refractivity (Wildman–Crippen MR) is 66.4 cm³/mol. The Balaban J connectivity index is 2.48. The molecular formula is C12H17N3O3. The number of carbonyl (C=O) groups is 2. The molecule has 2 amide bonds. The van der Waals surface area contributed by atoms with Gasteiger partial charge in [-0.2, -0.15) is 0 Å². The van der Waals surface area contributed by atoms with Crippen LogP contribution in [0.2, 0.25) is 0 Å². The van der Waals surface area contributed by atoms with E-state index in [4.69, 9.17) is 5.11 Å². The number of hydrogen-bond acceptors (Lipinski definition) is 3. The van der Waals surface area contributed by atoms with Crippen molar-refractivity contribution in [2.45, 2.75) is 19.9 Å². The number of aromatic carboxylic acids is 1. The maximum absolute atomic E-state index is 11.6. The van der Waals surface area contributed by atoms with Crippen LogP contribution in [0.15, 0.2) is 18.3 Å². The molecule has 0 atom stereocenters. The Kier molecular flexibility index (Phi) is 5.10. The highest BCUT2D eigenvalue weighted by Crippen LogP contribution is 2.00. The van der Waals surface area contributed by atoms with Crippen molar-refractivity contribution in [3.63, 3.8) is 0 Å². The van der Waals surface area contributed by atoms with Crippen molar-refractivity contribution in [1.29, 1.82) is 0 Å². The summed E-state index contributed by atoms with van der Waals surface area (Å²) in [7, 11) is 1.73. The van der Waals surface area contributed by atoms with Crippen LogP contribution in [0.3, 0.4) is 0 Å². The van der Waals surface area contributed by atoms with Crippen molar-refractivity contribution < 1.29 is 14.7 Å². The molecule has 1 heterocycles. The highest BCUT2D eigenvalue weighted by Gasteiger charge is 2.07. The fourth-order valence-corrected chi connectivity index (χ4v) is 1.41. The molecular weight excluding hydrogens is 234 g/mol. The average Bonchev–Trinajstić information content (AvgIpc) is 2.36. The maximum Gasteiger partial charge on any atom is 0.354 e. The SMILES string of the molecule is CCCN(C)C(=O)NCc1ccc(C(=O)O)nc1. The van der Waals surface area contributed by atoms with Crippen LogP contribution in [0, 0.1) is 0 Å². The Hall–Kier alpha value is -2.11. The number of pyridine rings is 1. The first-order chi connectivity index (χ1) is 8.54. The molecule has 0 bridgehead atoms. The third kappa shape index (κ3) is 4.04. The summed E-state index contributed by atoms with van der Waals surface area (Å²) in [5.74, 6) is -1.06. The monoisotopic (exact) mass is 251 g/mol. The number of rotatable bonds is 5. The fourth-order valence-electron chi connectivity index (χ4n) is 1.41. The molecule has 0 aliphatic rings. The first-order valence-electron chi connectivity index (χ1n) is 5.71. The maximum atomic E-state index is 11.6. The van der Waals surface area contributed by atoms with Crippen molar-refractivity contribution in [2.75, 3.05) is 13.6 Å².